The summed E-state index contributed by atoms with van der Waals surface area (Å²) in [6.07, 6.45) is 2.91. The normalized spacial score (nSPS) is 18.7. The Morgan fingerprint density at radius 1 is 0.824 bits per heavy atom. The number of fused-ring (bicyclic) bond motifs is 2. The van der Waals surface area contributed by atoms with Crippen LogP contribution in [0.4, 0.5) is 11.4 Å². The van der Waals surface area contributed by atoms with Gasteiger partial charge in [0.25, 0.3) is 5.91 Å². The van der Waals surface area contributed by atoms with Crippen molar-refractivity contribution in [2.45, 2.75) is 31.7 Å². The predicted molar refractivity (Wildman–Crippen MR) is 139 cm³/mol. The molecule has 0 aromatic heterocycles. The van der Waals surface area contributed by atoms with Crippen molar-refractivity contribution in [1.82, 2.24) is 0 Å². The first-order valence-corrected chi connectivity index (χ1v) is 12.1. The van der Waals surface area contributed by atoms with Crippen LogP contribution in [0, 0.1) is 6.92 Å². The van der Waals surface area contributed by atoms with Crippen molar-refractivity contribution >= 4 is 17.3 Å². The smallest absolute Gasteiger partial charge is 0.258 e. The lowest BCUT2D eigenvalue weighted by atomic mass is 9.78. The number of rotatable bonds is 3. The van der Waals surface area contributed by atoms with Crippen molar-refractivity contribution in [2.24, 2.45) is 0 Å². The van der Waals surface area contributed by atoms with Crippen LogP contribution in [0.15, 0.2) is 97.1 Å². The molecule has 2 aliphatic heterocycles. The minimum absolute atomic E-state index is 0.0753. The molecule has 2 heterocycles. The van der Waals surface area contributed by atoms with E-state index in [1.165, 1.54) is 33.5 Å². The van der Waals surface area contributed by atoms with Gasteiger partial charge in [-0.1, -0.05) is 72.8 Å². The summed E-state index contributed by atoms with van der Waals surface area (Å²) in [5.41, 5.74) is 8.88. The Labute approximate surface area is 201 Å². The number of anilines is 2. The van der Waals surface area contributed by atoms with E-state index >= 15 is 0 Å². The number of nitrogens with zero attached hydrogens (tertiary/aromatic N) is 1. The number of para-hydroxylation sites is 2. The topological polar surface area (TPSA) is 32.3 Å². The number of nitrogens with one attached hydrogen (secondary N) is 1. The third-order valence-corrected chi connectivity index (χ3v) is 7.41. The van der Waals surface area contributed by atoms with Crippen LogP contribution >= 0.6 is 0 Å². The van der Waals surface area contributed by atoms with Crippen LogP contribution in [-0.4, -0.2) is 12.5 Å². The van der Waals surface area contributed by atoms with Gasteiger partial charge in [-0.15, -0.1) is 0 Å². The minimum Gasteiger partial charge on any atom is -0.371 e. The van der Waals surface area contributed by atoms with Gasteiger partial charge in [-0.3, -0.25) is 4.79 Å². The summed E-state index contributed by atoms with van der Waals surface area (Å²) in [6, 6.07) is 33.7. The Bertz CT molecular complexity index is 1350. The molecule has 1 amide bonds. The SMILES string of the molecule is Cc1ccccc1C1(c2ccc(C(=O)N3CCCc4ccccc43)cc2)Cc2ccccc2N1. The van der Waals surface area contributed by atoms with E-state index in [4.69, 9.17) is 0 Å². The number of aryl methyl sites for hydroxylation is 2. The second-order valence-electron chi connectivity index (χ2n) is 9.45. The third-order valence-electron chi connectivity index (χ3n) is 7.41. The van der Waals surface area contributed by atoms with Crippen LogP contribution in [0.1, 0.15) is 44.6 Å². The Balaban J connectivity index is 1.38. The maximum Gasteiger partial charge on any atom is 0.258 e. The number of benzene rings is 4. The van der Waals surface area contributed by atoms with Gasteiger partial charge in [-0.2, -0.15) is 0 Å². The summed E-state index contributed by atoms with van der Waals surface area (Å²) in [5.74, 6) is 0.0753. The summed E-state index contributed by atoms with van der Waals surface area (Å²) in [6.45, 7) is 2.94. The fourth-order valence-corrected chi connectivity index (χ4v) is 5.70. The summed E-state index contributed by atoms with van der Waals surface area (Å²) in [5, 5.41) is 3.85. The lowest BCUT2D eigenvalue weighted by molar-refractivity contribution is 0.0985. The maximum absolute atomic E-state index is 13.5. The van der Waals surface area contributed by atoms with Crippen LogP contribution in [0.2, 0.25) is 0 Å². The molecular formula is C31H28N2O. The van der Waals surface area contributed by atoms with E-state index in [-0.39, 0.29) is 11.4 Å². The number of carbonyl (C=O) groups is 1. The first-order chi connectivity index (χ1) is 16.7. The Kier molecular flexibility index (Phi) is 4.99. The molecule has 4 aromatic carbocycles. The lowest BCUT2D eigenvalue weighted by Gasteiger charge is -2.33. The van der Waals surface area contributed by atoms with Crippen molar-refractivity contribution in [3.63, 3.8) is 0 Å². The third kappa shape index (κ3) is 3.31. The fourth-order valence-electron chi connectivity index (χ4n) is 5.70. The molecule has 168 valence electrons. The second kappa shape index (κ2) is 8.18. The van der Waals surface area contributed by atoms with Gasteiger partial charge in [0.2, 0.25) is 0 Å². The van der Waals surface area contributed by atoms with E-state index in [2.05, 4.69) is 91.1 Å². The number of hydrogen-bond acceptors (Lipinski definition) is 2. The molecule has 4 aromatic rings. The molecule has 0 saturated carbocycles. The first-order valence-electron chi connectivity index (χ1n) is 12.1. The molecule has 0 saturated heterocycles. The van der Waals surface area contributed by atoms with Crippen molar-refractivity contribution in [1.29, 1.82) is 0 Å². The Morgan fingerprint density at radius 3 is 2.32 bits per heavy atom. The van der Waals surface area contributed by atoms with Gasteiger partial charge in [0.1, 0.15) is 0 Å². The van der Waals surface area contributed by atoms with Gasteiger partial charge in [-0.05, 0) is 71.8 Å². The fraction of sp³-hybridized carbons (Fsp3) is 0.194. The maximum atomic E-state index is 13.5. The van der Waals surface area contributed by atoms with Gasteiger partial charge >= 0.3 is 0 Å². The Morgan fingerprint density at radius 2 is 1.53 bits per heavy atom. The zero-order valence-corrected chi connectivity index (χ0v) is 19.4. The van der Waals surface area contributed by atoms with Crippen molar-refractivity contribution in [3.05, 3.63) is 130 Å². The molecular weight excluding hydrogens is 416 g/mol. The van der Waals surface area contributed by atoms with Crippen LogP contribution < -0.4 is 10.2 Å². The quantitative estimate of drug-likeness (QED) is 0.391. The average Bonchev–Trinajstić information content (AvgIpc) is 3.29. The summed E-state index contributed by atoms with van der Waals surface area (Å²) in [7, 11) is 0. The zero-order chi connectivity index (χ0) is 23.1. The Hall–Kier alpha value is -3.85. The highest BCUT2D eigenvalue weighted by atomic mass is 16.2. The van der Waals surface area contributed by atoms with E-state index in [1.54, 1.807) is 0 Å². The van der Waals surface area contributed by atoms with E-state index in [9.17, 15) is 4.79 Å². The summed E-state index contributed by atoms with van der Waals surface area (Å²) in [4.78, 5) is 15.4. The average molecular weight is 445 g/mol. The van der Waals surface area contributed by atoms with E-state index in [0.717, 1.165) is 37.1 Å². The first kappa shape index (κ1) is 20.7. The van der Waals surface area contributed by atoms with E-state index in [0.29, 0.717) is 0 Å². The van der Waals surface area contributed by atoms with Crippen LogP contribution in [0.25, 0.3) is 0 Å². The highest BCUT2D eigenvalue weighted by molar-refractivity contribution is 6.06. The molecule has 0 radical (unpaired) electrons. The van der Waals surface area contributed by atoms with Crippen LogP contribution in [0.5, 0.6) is 0 Å². The second-order valence-corrected chi connectivity index (χ2v) is 9.45. The van der Waals surface area contributed by atoms with E-state index in [1.807, 2.05) is 23.1 Å². The number of hydrogen-bond donors (Lipinski definition) is 1. The molecule has 0 aliphatic carbocycles. The number of amides is 1. The summed E-state index contributed by atoms with van der Waals surface area (Å²) >= 11 is 0. The van der Waals surface area contributed by atoms with Crippen molar-refractivity contribution in [2.75, 3.05) is 16.8 Å². The van der Waals surface area contributed by atoms with Crippen molar-refractivity contribution in [3.8, 4) is 0 Å². The molecule has 0 bridgehead atoms. The summed E-state index contributed by atoms with van der Waals surface area (Å²) < 4.78 is 0. The van der Waals surface area contributed by atoms with Crippen LogP contribution in [0.3, 0.4) is 0 Å². The highest BCUT2D eigenvalue weighted by Crippen LogP contribution is 2.45. The van der Waals surface area contributed by atoms with Gasteiger partial charge in [0, 0.05) is 29.9 Å². The molecule has 0 fully saturated rings. The molecule has 1 unspecified atom stereocenters. The molecule has 6 rings (SSSR count). The molecule has 1 atom stereocenters. The molecule has 3 heteroatoms. The standard InChI is InChI=1S/C31H28N2O/c1-22-9-2-5-13-27(22)31(21-25-11-3-6-14-28(25)32-31)26-18-16-24(17-19-26)30(34)33-20-8-12-23-10-4-7-15-29(23)33/h2-7,9-11,13-19,32H,8,12,20-21H2,1H3. The molecule has 34 heavy (non-hydrogen) atoms. The van der Waals surface area contributed by atoms with Gasteiger partial charge in [0.05, 0.1) is 5.54 Å². The lowest BCUT2D eigenvalue weighted by Crippen LogP contribution is -2.36. The largest absolute Gasteiger partial charge is 0.371 e. The number of carbonyl (C=O) groups excluding carboxylic acids is 1. The van der Waals surface area contributed by atoms with Gasteiger partial charge in [-0.25, -0.2) is 0 Å². The zero-order valence-electron chi connectivity index (χ0n) is 19.4. The monoisotopic (exact) mass is 444 g/mol. The van der Waals surface area contributed by atoms with Crippen molar-refractivity contribution < 1.29 is 4.79 Å². The minimum atomic E-state index is -0.353. The molecule has 3 nitrogen and oxygen atoms in total. The molecule has 1 N–H and O–H groups in total. The molecule has 2 aliphatic rings. The highest BCUT2D eigenvalue weighted by Gasteiger charge is 2.41. The molecule has 0 spiro atoms. The van der Waals surface area contributed by atoms with Gasteiger partial charge < -0.3 is 10.2 Å². The van der Waals surface area contributed by atoms with Gasteiger partial charge in [0.15, 0.2) is 0 Å². The predicted octanol–water partition coefficient (Wildman–Crippen LogP) is 6.50. The van der Waals surface area contributed by atoms with Crippen LogP contribution in [-0.2, 0) is 18.4 Å². The van der Waals surface area contributed by atoms with E-state index < -0.39 is 0 Å².